The number of likely N-dealkylation sites (N-methyl/N-ethyl adjacent to an activating group) is 1. The number of rotatable bonds is 3. The van der Waals surface area contributed by atoms with Crippen LogP contribution in [-0.4, -0.2) is 29.6 Å². The molecule has 0 radical (unpaired) electrons. The maximum absolute atomic E-state index is 6.33. The van der Waals surface area contributed by atoms with Crippen molar-refractivity contribution in [2.75, 3.05) is 6.54 Å². The summed E-state index contributed by atoms with van der Waals surface area (Å²) in [6.45, 7) is 12.6. The normalized spacial score (nSPS) is 37.6. The molecule has 90 valence electrons. The Morgan fingerprint density at radius 1 is 1.27 bits per heavy atom. The zero-order valence-electron chi connectivity index (χ0n) is 11.0. The molecule has 0 aromatic rings. The highest BCUT2D eigenvalue weighted by Crippen LogP contribution is 2.32. The summed E-state index contributed by atoms with van der Waals surface area (Å²) in [6.07, 6.45) is 2.53. The quantitative estimate of drug-likeness (QED) is 0.779. The lowest BCUT2D eigenvalue weighted by Crippen LogP contribution is -2.56. The first-order valence-corrected chi connectivity index (χ1v) is 6.48. The minimum absolute atomic E-state index is 0.367. The standard InChI is InChI=1S/C13H28N2/c1-6-15(9(2)3)13-11(5)7-10(4)8-12(13)14/h9-13H,6-8,14H2,1-5H3. The van der Waals surface area contributed by atoms with E-state index >= 15 is 0 Å². The van der Waals surface area contributed by atoms with E-state index in [1.807, 2.05) is 0 Å². The van der Waals surface area contributed by atoms with Crippen molar-refractivity contribution < 1.29 is 0 Å². The topological polar surface area (TPSA) is 29.3 Å². The average Bonchev–Trinajstić information content (AvgIpc) is 2.09. The molecule has 0 aliphatic heterocycles. The molecule has 0 heterocycles. The van der Waals surface area contributed by atoms with Crippen LogP contribution in [0.1, 0.15) is 47.5 Å². The summed E-state index contributed by atoms with van der Waals surface area (Å²) in [5, 5.41) is 0. The number of nitrogens with zero attached hydrogens (tertiary/aromatic N) is 1. The lowest BCUT2D eigenvalue weighted by atomic mass is 9.76. The van der Waals surface area contributed by atoms with Gasteiger partial charge < -0.3 is 5.73 Å². The Bertz CT molecular complexity index is 179. The fourth-order valence-electron chi connectivity index (χ4n) is 3.39. The summed E-state index contributed by atoms with van der Waals surface area (Å²) in [7, 11) is 0. The van der Waals surface area contributed by atoms with Gasteiger partial charge in [-0.1, -0.05) is 20.8 Å². The third-order valence-electron chi connectivity index (χ3n) is 3.88. The van der Waals surface area contributed by atoms with Crippen molar-refractivity contribution >= 4 is 0 Å². The van der Waals surface area contributed by atoms with Gasteiger partial charge in [0.1, 0.15) is 0 Å². The first kappa shape index (κ1) is 13.0. The Morgan fingerprint density at radius 3 is 2.27 bits per heavy atom. The van der Waals surface area contributed by atoms with Crippen LogP contribution in [0.5, 0.6) is 0 Å². The molecule has 1 saturated carbocycles. The highest BCUT2D eigenvalue weighted by molar-refractivity contribution is 4.92. The first-order chi connectivity index (χ1) is 6.97. The number of hydrogen-bond donors (Lipinski definition) is 1. The van der Waals surface area contributed by atoms with Crippen LogP contribution in [0, 0.1) is 11.8 Å². The van der Waals surface area contributed by atoms with Crippen LogP contribution in [0.2, 0.25) is 0 Å². The summed E-state index contributed by atoms with van der Waals surface area (Å²) in [5.41, 5.74) is 6.33. The van der Waals surface area contributed by atoms with Crippen LogP contribution in [0.15, 0.2) is 0 Å². The molecular formula is C13H28N2. The van der Waals surface area contributed by atoms with Crippen molar-refractivity contribution in [3.63, 3.8) is 0 Å². The second-order valence-corrected chi connectivity index (χ2v) is 5.63. The molecule has 2 nitrogen and oxygen atoms in total. The van der Waals surface area contributed by atoms with E-state index in [0.717, 1.165) is 18.4 Å². The van der Waals surface area contributed by atoms with Gasteiger partial charge in [0.2, 0.25) is 0 Å². The summed E-state index contributed by atoms with van der Waals surface area (Å²) in [4.78, 5) is 2.57. The lowest BCUT2D eigenvalue weighted by molar-refractivity contribution is 0.0564. The molecule has 0 aromatic carbocycles. The minimum atomic E-state index is 0.367. The Labute approximate surface area is 95.2 Å². The second-order valence-electron chi connectivity index (χ2n) is 5.63. The lowest BCUT2D eigenvalue weighted by Gasteiger charge is -2.45. The number of nitrogens with two attached hydrogens (primary N) is 1. The molecule has 2 N–H and O–H groups in total. The Hall–Kier alpha value is -0.0800. The predicted octanol–water partition coefficient (Wildman–Crippen LogP) is 2.48. The summed E-state index contributed by atoms with van der Waals surface area (Å²) in [6, 6.07) is 1.57. The van der Waals surface area contributed by atoms with E-state index in [2.05, 4.69) is 39.5 Å². The van der Waals surface area contributed by atoms with Crippen molar-refractivity contribution in [3.05, 3.63) is 0 Å². The maximum atomic E-state index is 6.33. The van der Waals surface area contributed by atoms with Crippen LogP contribution in [-0.2, 0) is 0 Å². The fraction of sp³-hybridized carbons (Fsp3) is 1.00. The molecule has 4 atom stereocenters. The third-order valence-corrected chi connectivity index (χ3v) is 3.88. The van der Waals surface area contributed by atoms with Gasteiger partial charge in [-0.2, -0.15) is 0 Å². The molecule has 1 aliphatic rings. The van der Waals surface area contributed by atoms with Gasteiger partial charge in [0.05, 0.1) is 0 Å². The van der Waals surface area contributed by atoms with E-state index in [4.69, 9.17) is 5.73 Å². The average molecular weight is 212 g/mol. The largest absolute Gasteiger partial charge is 0.326 e. The van der Waals surface area contributed by atoms with Crippen molar-refractivity contribution in [1.29, 1.82) is 0 Å². The Kier molecular flexibility index (Phi) is 4.60. The first-order valence-electron chi connectivity index (χ1n) is 6.48. The molecule has 1 aliphatic carbocycles. The zero-order chi connectivity index (χ0) is 11.6. The van der Waals surface area contributed by atoms with Gasteiger partial charge in [-0.3, -0.25) is 4.90 Å². The SMILES string of the molecule is CCN(C(C)C)C1C(C)CC(C)CC1N. The highest BCUT2D eigenvalue weighted by Gasteiger charge is 2.35. The molecule has 15 heavy (non-hydrogen) atoms. The summed E-state index contributed by atoms with van der Waals surface area (Å²) >= 11 is 0. The van der Waals surface area contributed by atoms with E-state index in [9.17, 15) is 0 Å². The predicted molar refractivity (Wildman–Crippen MR) is 66.8 cm³/mol. The molecule has 4 unspecified atom stereocenters. The number of hydrogen-bond acceptors (Lipinski definition) is 2. The monoisotopic (exact) mass is 212 g/mol. The summed E-state index contributed by atoms with van der Waals surface area (Å²) in [5.74, 6) is 1.54. The van der Waals surface area contributed by atoms with Gasteiger partial charge in [-0.25, -0.2) is 0 Å². The van der Waals surface area contributed by atoms with Crippen molar-refractivity contribution in [2.45, 2.75) is 65.6 Å². The van der Waals surface area contributed by atoms with Gasteiger partial charge in [0, 0.05) is 18.1 Å². The van der Waals surface area contributed by atoms with Crippen molar-refractivity contribution in [1.82, 2.24) is 4.90 Å². The van der Waals surface area contributed by atoms with Gasteiger partial charge in [0.15, 0.2) is 0 Å². The van der Waals surface area contributed by atoms with Gasteiger partial charge >= 0.3 is 0 Å². The highest BCUT2D eigenvalue weighted by atomic mass is 15.2. The smallest absolute Gasteiger partial charge is 0.0275 e. The molecule has 0 aromatic heterocycles. The maximum Gasteiger partial charge on any atom is 0.0275 e. The van der Waals surface area contributed by atoms with Crippen molar-refractivity contribution in [3.8, 4) is 0 Å². The van der Waals surface area contributed by atoms with E-state index < -0.39 is 0 Å². The Morgan fingerprint density at radius 2 is 1.87 bits per heavy atom. The molecule has 1 fully saturated rings. The Balaban J connectivity index is 2.73. The fourth-order valence-corrected chi connectivity index (χ4v) is 3.39. The van der Waals surface area contributed by atoms with Gasteiger partial charge in [-0.05, 0) is 45.1 Å². The third kappa shape index (κ3) is 2.94. The van der Waals surface area contributed by atoms with Crippen LogP contribution in [0.3, 0.4) is 0 Å². The van der Waals surface area contributed by atoms with Crippen molar-refractivity contribution in [2.24, 2.45) is 17.6 Å². The van der Waals surface area contributed by atoms with E-state index in [1.54, 1.807) is 0 Å². The second kappa shape index (κ2) is 5.31. The molecule has 2 heteroatoms. The molecule has 1 rings (SSSR count). The van der Waals surface area contributed by atoms with Crippen LogP contribution in [0.4, 0.5) is 0 Å². The van der Waals surface area contributed by atoms with E-state index in [0.29, 0.717) is 18.1 Å². The zero-order valence-corrected chi connectivity index (χ0v) is 11.0. The van der Waals surface area contributed by atoms with Gasteiger partial charge in [-0.15, -0.1) is 0 Å². The van der Waals surface area contributed by atoms with Gasteiger partial charge in [0.25, 0.3) is 0 Å². The molecular weight excluding hydrogens is 184 g/mol. The summed E-state index contributed by atoms with van der Waals surface area (Å²) < 4.78 is 0. The molecule has 0 saturated heterocycles. The molecule has 0 bridgehead atoms. The van der Waals surface area contributed by atoms with Crippen LogP contribution < -0.4 is 5.73 Å². The molecule has 0 spiro atoms. The van der Waals surface area contributed by atoms with E-state index in [-0.39, 0.29) is 0 Å². The van der Waals surface area contributed by atoms with E-state index in [1.165, 1.54) is 12.8 Å². The molecule has 0 amide bonds. The van der Waals surface area contributed by atoms with Crippen LogP contribution in [0.25, 0.3) is 0 Å². The minimum Gasteiger partial charge on any atom is -0.326 e. The van der Waals surface area contributed by atoms with Crippen LogP contribution >= 0.6 is 0 Å².